The van der Waals surface area contributed by atoms with Crippen molar-refractivity contribution in [2.24, 2.45) is 11.0 Å². The highest BCUT2D eigenvalue weighted by Crippen LogP contribution is 2.40. The predicted molar refractivity (Wildman–Crippen MR) is 104 cm³/mol. The maximum Gasteiger partial charge on any atom is 0.260 e. The predicted octanol–water partition coefficient (Wildman–Crippen LogP) is 4.64. The van der Waals surface area contributed by atoms with Crippen LogP contribution in [0.15, 0.2) is 34.2 Å². The number of nitrogens with zero attached hydrogens (tertiary/aromatic N) is 2. The molecule has 0 spiro atoms. The highest BCUT2D eigenvalue weighted by atomic mass is 35.5. The van der Waals surface area contributed by atoms with Gasteiger partial charge in [-0.15, -0.1) is 0 Å². The summed E-state index contributed by atoms with van der Waals surface area (Å²) in [6, 6.07) is 6.88. The van der Waals surface area contributed by atoms with Gasteiger partial charge < -0.3 is 11.1 Å². The average molecular weight is 372 g/mol. The minimum atomic E-state index is -0.232. The zero-order valence-electron chi connectivity index (χ0n) is 14.6. The van der Waals surface area contributed by atoms with Gasteiger partial charge in [0.05, 0.1) is 6.04 Å². The van der Waals surface area contributed by atoms with E-state index in [4.69, 9.17) is 28.3 Å². The van der Waals surface area contributed by atoms with Crippen LogP contribution in [-0.4, -0.2) is 10.8 Å². The van der Waals surface area contributed by atoms with E-state index < -0.39 is 0 Å². The van der Waals surface area contributed by atoms with Crippen LogP contribution in [0.5, 0.6) is 0 Å². The van der Waals surface area contributed by atoms with Crippen molar-refractivity contribution in [1.82, 2.24) is 4.57 Å². The Labute approximate surface area is 157 Å². The highest BCUT2D eigenvalue weighted by molar-refractivity contribution is 6.33. The van der Waals surface area contributed by atoms with Gasteiger partial charge in [-0.25, -0.2) is 5.53 Å². The van der Waals surface area contributed by atoms with Gasteiger partial charge in [0.15, 0.2) is 0 Å². The van der Waals surface area contributed by atoms with Crippen LogP contribution in [0.1, 0.15) is 43.4 Å². The lowest BCUT2D eigenvalue weighted by Gasteiger charge is -2.15. The molecule has 1 fully saturated rings. The van der Waals surface area contributed by atoms with Crippen molar-refractivity contribution in [3.8, 4) is 11.1 Å². The van der Waals surface area contributed by atoms with Crippen molar-refractivity contribution in [2.45, 2.75) is 38.8 Å². The molecular formula is C19H22ClN5O. The van der Waals surface area contributed by atoms with Gasteiger partial charge in [-0.1, -0.05) is 36.6 Å². The molecule has 1 unspecified atom stereocenters. The summed E-state index contributed by atoms with van der Waals surface area (Å²) in [5.74, 6) is 0.929. The van der Waals surface area contributed by atoms with E-state index in [0.717, 1.165) is 18.2 Å². The number of rotatable bonds is 7. The zero-order valence-corrected chi connectivity index (χ0v) is 15.4. The Hall–Kier alpha value is -2.47. The average Bonchev–Trinajstić information content (AvgIpc) is 3.45. The van der Waals surface area contributed by atoms with Crippen LogP contribution in [-0.2, 0) is 6.54 Å². The van der Waals surface area contributed by atoms with E-state index in [2.05, 4.69) is 5.11 Å². The van der Waals surface area contributed by atoms with E-state index in [-0.39, 0.29) is 17.4 Å². The molecule has 0 saturated heterocycles. The van der Waals surface area contributed by atoms with Gasteiger partial charge in [0, 0.05) is 34.5 Å². The van der Waals surface area contributed by atoms with E-state index in [1.54, 1.807) is 18.2 Å². The van der Waals surface area contributed by atoms with E-state index in [1.807, 2.05) is 13.0 Å². The fraction of sp³-hybridized carbons (Fsp3) is 0.368. The minimum Gasteiger partial charge on any atom is -0.384 e. The molecule has 1 aliphatic carbocycles. The van der Waals surface area contributed by atoms with Gasteiger partial charge in [0.1, 0.15) is 5.82 Å². The largest absolute Gasteiger partial charge is 0.384 e. The molecular weight excluding hydrogens is 350 g/mol. The number of nitrogens with one attached hydrogen (secondary N) is 2. The Morgan fingerprint density at radius 2 is 2.12 bits per heavy atom. The quantitative estimate of drug-likeness (QED) is 0.486. The monoisotopic (exact) mass is 371 g/mol. The van der Waals surface area contributed by atoms with Crippen LogP contribution in [0.4, 0.5) is 5.82 Å². The molecule has 7 heteroatoms. The van der Waals surface area contributed by atoms with E-state index in [9.17, 15) is 4.79 Å². The fourth-order valence-electron chi connectivity index (χ4n) is 3.21. The summed E-state index contributed by atoms with van der Waals surface area (Å²) in [4.78, 5) is 12.8. The topological polar surface area (TPSA) is 108 Å². The van der Waals surface area contributed by atoms with Crippen LogP contribution < -0.4 is 11.3 Å². The lowest BCUT2D eigenvalue weighted by atomic mass is 9.98. The number of halogens is 1. The number of hydrogen-bond acceptors (Lipinski definition) is 5. The molecule has 1 aliphatic rings. The lowest BCUT2D eigenvalue weighted by molar-refractivity contribution is 0.565. The fourth-order valence-corrected chi connectivity index (χ4v) is 3.50. The number of benzene rings is 1. The summed E-state index contributed by atoms with van der Waals surface area (Å²) in [7, 11) is 0. The van der Waals surface area contributed by atoms with Crippen molar-refractivity contribution in [3.05, 3.63) is 50.8 Å². The van der Waals surface area contributed by atoms with Crippen LogP contribution in [0.25, 0.3) is 11.1 Å². The molecule has 3 rings (SSSR count). The smallest absolute Gasteiger partial charge is 0.260 e. The maximum atomic E-state index is 12.8. The zero-order chi connectivity index (χ0) is 18.8. The van der Waals surface area contributed by atoms with E-state index >= 15 is 0 Å². The summed E-state index contributed by atoms with van der Waals surface area (Å²) >= 11 is 6.48. The Kier molecular flexibility index (Phi) is 5.23. The Balaban J connectivity index is 2.06. The van der Waals surface area contributed by atoms with Crippen molar-refractivity contribution in [3.63, 3.8) is 0 Å². The second-order valence-corrected chi connectivity index (χ2v) is 7.06. The summed E-state index contributed by atoms with van der Waals surface area (Å²) in [5.41, 5.74) is 15.6. The first-order chi connectivity index (χ1) is 12.5. The number of hydrogen-bond donors (Lipinski definition) is 3. The molecule has 0 aliphatic heterocycles. The van der Waals surface area contributed by atoms with Crippen LogP contribution >= 0.6 is 11.6 Å². The van der Waals surface area contributed by atoms with E-state index in [1.165, 1.54) is 17.4 Å². The number of pyridine rings is 1. The standard InChI is InChI=1S/C19H22ClN5O/c1-2-25-18(22)13(10-21)8-15(19(25)26)14-6-5-12(9-16(14)20)17(24-23)7-11-3-4-11/h5-6,8-11,17,21,23H,2-4,7,22H2,1H3. The maximum absolute atomic E-state index is 12.8. The molecule has 2 aromatic rings. The number of nitrogens with two attached hydrogens (primary N) is 1. The molecule has 1 atom stereocenters. The number of anilines is 1. The highest BCUT2D eigenvalue weighted by Gasteiger charge is 2.26. The van der Waals surface area contributed by atoms with Gasteiger partial charge in [-0.3, -0.25) is 9.36 Å². The number of aromatic nitrogens is 1. The van der Waals surface area contributed by atoms with Crippen molar-refractivity contribution in [2.75, 3.05) is 5.73 Å². The SMILES string of the molecule is CCn1c(N)c(C=N)cc(-c2ccc(C(CC3CC3)N=N)cc2Cl)c1=O. The minimum absolute atomic E-state index is 0.190. The van der Waals surface area contributed by atoms with Crippen LogP contribution in [0, 0.1) is 16.9 Å². The molecule has 0 bridgehead atoms. The van der Waals surface area contributed by atoms with E-state index in [0.29, 0.717) is 34.2 Å². The summed E-state index contributed by atoms with van der Waals surface area (Å²) < 4.78 is 1.44. The third kappa shape index (κ3) is 3.42. The second-order valence-electron chi connectivity index (χ2n) is 6.66. The molecule has 1 saturated carbocycles. The first kappa shape index (κ1) is 18.3. The van der Waals surface area contributed by atoms with Crippen molar-refractivity contribution >= 4 is 23.6 Å². The molecule has 0 radical (unpaired) electrons. The Bertz CT molecular complexity index is 917. The third-order valence-electron chi connectivity index (χ3n) is 4.91. The second kappa shape index (κ2) is 7.41. The molecule has 136 valence electrons. The summed E-state index contributed by atoms with van der Waals surface area (Å²) in [6.45, 7) is 2.24. The van der Waals surface area contributed by atoms with Crippen molar-refractivity contribution < 1.29 is 0 Å². The first-order valence-corrected chi connectivity index (χ1v) is 9.08. The Morgan fingerprint density at radius 3 is 2.65 bits per heavy atom. The van der Waals surface area contributed by atoms with Gasteiger partial charge in [0.25, 0.3) is 5.56 Å². The lowest BCUT2D eigenvalue weighted by Crippen LogP contribution is -2.25. The normalized spacial score (nSPS) is 14.8. The van der Waals surface area contributed by atoms with Crippen LogP contribution in [0.3, 0.4) is 0 Å². The van der Waals surface area contributed by atoms with Gasteiger partial charge >= 0.3 is 0 Å². The van der Waals surface area contributed by atoms with Crippen LogP contribution in [0.2, 0.25) is 5.02 Å². The Morgan fingerprint density at radius 1 is 1.38 bits per heavy atom. The molecule has 6 nitrogen and oxygen atoms in total. The molecule has 1 aromatic carbocycles. The summed E-state index contributed by atoms with van der Waals surface area (Å²) in [5, 5.41) is 11.7. The van der Waals surface area contributed by atoms with Gasteiger partial charge in [0.2, 0.25) is 0 Å². The molecule has 1 aromatic heterocycles. The van der Waals surface area contributed by atoms with Gasteiger partial charge in [-0.05, 0) is 37.0 Å². The summed E-state index contributed by atoms with van der Waals surface area (Å²) in [6.07, 6.45) is 4.40. The van der Waals surface area contributed by atoms with Gasteiger partial charge in [-0.2, -0.15) is 5.11 Å². The third-order valence-corrected chi connectivity index (χ3v) is 5.22. The molecule has 4 N–H and O–H groups in total. The molecule has 0 amide bonds. The first-order valence-electron chi connectivity index (χ1n) is 8.70. The molecule has 1 heterocycles. The molecule has 26 heavy (non-hydrogen) atoms. The number of nitrogen functional groups attached to an aromatic ring is 1. The van der Waals surface area contributed by atoms with Crippen molar-refractivity contribution in [1.29, 1.82) is 10.9 Å².